The van der Waals surface area contributed by atoms with Gasteiger partial charge in [-0.15, -0.1) is 0 Å². The van der Waals surface area contributed by atoms with Crippen LogP contribution in [0.25, 0.3) is 0 Å². The Morgan fingerprint density at radius 3 is 2.50 bits per heavy atom. The van der Waals surface area contributed by atoms with Crippen LogP contribution in [0, 0.1) is 5.92 Å². The van der Waals surface area contributed by atoms with Crippen molar-refractivity contribution < 1.29 is 4.39 Å². The van der Waals surface area contributed by atoms with Crippen molar-refractivity contribution in [3.8, 4) is 0 Å². The topological polar surface area (TPSA) is 3.24 Å². The number of rotatable bonds is 4. The molecule has 98 valence electrons. The van der Waals surface area contributed by atoms with Gasteiger partial charge in [0, 0.05) is 13.1 Å². The molecule has 2 heteroatoms. The van der Waals surface area contributed by atoms with E-state index < -0.39 is 6.17 Å². The molecule has 2 atom stereocenters. The van der Waals surface area contributed by atoms with Gasteiger partial charge in [0.1, 0.15) is 6.17 Å². The first-order valence-electron chi connectivity index (χ1n) is 6.71. The number of hydrogen-bond acceptors (Lipinski definition) is 1. The van der Waals surface area contributed by atoms with Gasteiger partial charge in [-0.3, -0.25) is 4.90 Å². The molecule has 1 aliphatic heterocycles. The normalized spacial score (nSPS) is 22.3. The van der Waals surface area contributed by atoms with Crippen molar-refractivity contribution in [1.82, 2.24) is 4.90 Å². The highest BCUT2D eigenvalue weighted by Gasteiger charge is 2.31. The fourth-order valence-electron chi connectivity index (χ4n) is 2.59. The second-order valence-corrected chi connectivity index (χ2v) is 5.42. The molecule has 1 fully saturated rings. The van der Waals surface area contributed by atoms with Crippen molar-refractivity contribution in [1.29, 1.82) is 0 Å². The first-order valence-corrected chi connectivity index (χ1v) is 6.71. The van der Waals surface area contributed by atoms with Crippen molar-refractivity contribution in [3.63, 3.8) is 0 Å². The molecule has 0 aliphatic carbocycles. The second-order valence-electron chi connectivity index (χ2n) is 5.42. The van der Waals surface area contributed by atoms with Gasteiger partial charge >= 0.3 is 0 Å². The summed E-state index contributed by atoms with van der Waals surface area (Å²) < 4.78 is 13.4. The molecule has 0 radical (unpaired) electrons. The fraction of sp³-hybridized carbons (Fsp3) is 0.500. The summed E-state index contributed by atoms with van der Waals surface area (Å²) >= 11 is 0. The molecule has 0 N–H and O–H groups in total. The van der Waals surface area contributed by atoms with Crippen LogP contribution < -0.4 is 0 Å². The maximum atomic E-state index is 13.4. The van der Waals surface area contributed by atoms with E-state index in [-0.39, 0.29) is 6.04 Å². The van der Waals surface area contributed by atoms with Gasteiger partial charge in [0.05, 0.1) is 6.04 Å². The summed E-state index contributed by atoms with van der Waals surface area (Å²) in [5.41, 5.74) is 2.40. The minimum absolute atomic E-state index is 0.159. The Bertz CT molecular complexity index is 399. The smallest absolute Gasteiger partial charge is 0.114 e. The van der Waals surface area contributed by atoms with Crippen LogP contribution in [0.1, 0.15) is 31.9 Å². The lowest BCUT2D eigenvalue weighted by atomic mass is 9.91. The Labute approximate surface area is 109 Å². The van der Waals surface area contributed by atoms with Crippen LogP contribution in [0.5, 0.6) is 0 Å². The van der Waals surface area contributed by atoms with Gasteiger partial charge in [-0.05, 0) is 17.9 Å². The molecule has 0 saturated carbocycles. The number of halogens is 1. The molecule has 2 rings (SSSR count). The van der Waals surface area contributed by atoms with Crippen LogP contribution in [-0.2, 0) is 0 Å². The maximum absolute atomic E-state index is 13.4. The highest BCUT2D eigenvalue weighted by atomic mass is 19.1. The Kier molecular flexibility index (Phi) is 4.18. The summed E-state index contributed by atoms with van der Waals surface area (Å²) in [5.74, 6) is 0.411. The van der Waals surface area contributed by atoms with Crippen LogP contribution >= 0.6 is 0 Å². The second kappa shape index (κ2) is 5.66. The molecule has 1 saturated heterocycles. The quantitative estimate of drug-likeness (QED) is 0.727. The van der Waals surface area contributed by atoms with Gasteiger partial charge in [-0.2, -0.15) is 0 Å². The van der Waals surface area contributed by atoms with Crippen molar-refractivity contribution in [2.45, 2.75) is 32.5 Å². The van der Waals surface area contributed by atoms with Crippen molar-refractivity contribution >= 4 is 0 Å². The zero-order valence-electron chi connectivity index (χ0n) is 11.3. The van der Waals surface area contributed by atoms with Crippen LogP contribution in [0.4, 0.5) is 4.39 Å². The number of nitrogens with zero attached hydrogens (tertiary/aromatic N) is 1. The molecule has 18 heavy (non-hydrogen) atoms. The minimum atomic E-state index is -0.684. The van der Waals surface area contributed by atoms with Gasteiger partial charge in [0.15, 0.2) is 0 Å². The van der Waals surface area contributed by atoms with Crippen LogP contribution in [0.3, 0.4) is 0 Å². The third-order valence-electron chi connectivity index (χ3n) is 3.74. The van der Waals surface area contributed by atoms with E-state index in [9.17, 15) is 4.39 Å². The molecule has 1 nitrogen and oxygen atoms in total. The van der Waals surface area contributed by atoms with Crippen LogP contribution in [-0.4, -0.2) is 24.2 Å². The Morgan fingerprint density at radius 1 is 1.33 bits per heavy atom. The summed E-state index contributed by atoms with van der Waals surface area (Å²) in [6.07, 6.45) is -0.0366. The average Bonchev–Trinajstić information content (AvgIpc) is 2.77. The molecule has 2 unspecified atom stereocenters. The van der Waals surface area contributed by atoms with E-state index in [1.54, 1.807) is 0 Å². The van der Waals surface area contributed by atoms with E-state index in [2.05, 4.69) is 37.5 Å². The van der Waals surface area contributed by atoms with Gasteiger partial charge in [0.2, 0.25) is 0 Å². The fourth-order valence-corrected chi connectivity index (χ4v) is 2.59. The van der Waals surface area contributed by atoms with Crippen LogP contribution in [0.15, 0.2) is 42.5 Å². The summed E-state index contributed by atoms with van der Waals surface area (Å²) in [6, 6.07) is 10.5. The average molecular weight is 247 g/mol. The zero-order chi connectivity index (χ0) is 13.1. The molecule has 0 bridgehead atoms. The Morgan fingerprint density at radius 2 is 2.00 bits per heavy atom. The summed E-state index contributed by atoms with van der Waals surface area (Å²) in [5, 5.41) is 0. The molecule has 0 spiro atoms. The molecular weight excluding hydrogens is 225 g/mol. The monoisotopic (exact) mass is 247 g/mol. The highest BCUT2D eigenvalue weighted by molar-refractivity contribution is 5.28. The van der Waals surface area contributed by atoms with Crippen LogP contribution in [0.2, 0.25) is 0 Å². The van der Waals surface area contributed by atoms with E-state index in [4.69, 9.17) is 0 Å². The number of alkyl halides is 1. The van der Waals surface area contributed by atoms with E-state index in [0.29, 0.717) is 18.9 Å². The molecule has 0 amide bonds. The van der Waals surface area contributed by atoms with Gasteiger partial charge in [-0.1, -0.05) is 56.3 Å². The summed E-state index contributed by atoms with van der Waals surface area (Å²) in [7, 11) is 0. The Hall–Kier alpha value is -1.15. The lowest BCUT2D eigenvalue weighted by molar-refractivity contribution is 0.238. The zero-order valence-corrected chi connectivity index (χ0v) is 11.3. The molecular formula is C16H22FN. The van der Waals surface area contributed by atoms with Gasteiger partial charge < -0.3 is 0 Å². The lowest BCUT2D eigenvalue weighted by Gasteiger charge is -2.31. The SMILES string of the molecule is C=C(C(C)C)C(c1ccccc1)N1CCC(F)C1. The summed E-state index contributed by atoms with van der Waals surface area (Å²) in [4.78, 5) is 2.22. The molecule has 1 aliphatic rings. The lowest BCUT2D eigenvalue weighted by Crippen LogP contribution is -2.29. The van der Waals surface area contributed by atoms with Crippen molar-refractivity contribution in [3.05, 3.63) is 48.0 Å². The third kappa shape index (κ3) is 2.81. The molecule has 0 aromatic heterocycles. The van der Waals surface area contributed by atoms with E-state index >= 15 is 0 Å². The van der Waals surface area contributed by atoms with Crippen molar-refractivity contribution in [2.24, 2.45) is 5.92 Å². The Balaban J connectivity index is 2.26. The standard InChI is InChI=1S/C16H22FN/c1-12(2)13(3)16(14-7-5-4-6-8-14)18-10-9-15(17)11-18/h4-8,12,15-16H,3,9-11H2,1-2H3. The molecule has 1 heterocycles. The molecule has 1 aromatic carbocycles. The third-order valence-corrected chi connectivity index (χ3v) is 3.74. The minimum Gasteiger partial charge on any atom is -0.290 e. The maximum Gasteiger partial charge on any atom is 0.114 e. The number of likely N-dealkylation sites (tertiary alicyclic amines) is 1. The first kappa shape index (κ1) is 13.3. The van der Waals surface area contributed by atoms with E-state index in [1.165, 1.54) is 11.1 Å². The van der Waals surface area contributed by atoms with E-state index in [0.717, 1.165) is 6.54 Å². The van der Waals surface area contributed by atoms with Gasteiger partial charge in [0.25, 0.3) is 0 Å². The predicted octanol–water partition coefficient (Wildman–Crippen LogP) is 3.98. The van der Waals surface area contributed by atoms with E-state index in [1.807, 2.05) is 18.2 Å². The van der Waals surface area contributed by atoms with Gasteiger partial charge in [-0.25, -0.2) is 4.39 Å². The first-order chi connectivity index (χ1) is 8.59. The summed E-state index contributed by atoms with van der Waals surface area (Å²) in [6.45, 7) is 9.90. The molecule has 1 aromatic rings. The number of benzene rings is 1. The predicted molar refractivity (Wildman–Crippen MR) is 74.2 cm³/mol. The largest absolute Gasteiger partial charge is 0.290 e. The number of hydrogen-bond donors (Lipinski definition) is 0. The highest BCUT2D eigenvalue weighted by Crippen LogP contribution is 2.34. The van der Waals surface area contributed by atoms with Crippen molar-refractivity contribution in [2.75, 3.05) is 13.1 Å².